The first-order valence-corrected chi connectivity index (χ1v) is 4.52. The minimum absolute atomic E-state index is 0.275. The molecule has 4 heteroatoms. The van der Waals surface area contributed by atoms with E-state index in [0.717, 1.165) is 0 Å². The van der Waals surface area contributed by atoms with Gasteiger partial charge in [0.1, 0.15) is 0 Å². The molecule has 1 heterocycles. The van der Waals surface area contributed by atoms with Gasteiger partial charge in [-0.15, -0.1) is 0 Å². The van der Waals surface area contributed by atoms with E-state index in [9.17, 15) is 9.59 Å². The van der Waals surface area contributed by atoms with Gasteiger partial charge < -0.3 is 10.7 Å². The van der Waals surface area contributed by atoms with E-state index in [2.05, 4.69) is 4.98 Å². The third-order valence-corrected chi connectivity index (χ3v) is 2.41. The predicted molar refractivity (Wildman–Crippen MR) is 57.8 cm³/mol. The number of nitrogens with one attached hydrogen (secondary N) is 1. The van der Waals surface area contributed by atoms with E-state index in [1.165, 1.54) is 0 Å². The van der Waals surface area contributed by atoms with Gasteiger partial charge >= 0.3 is 0 Å². The number of hydrogen-bond acceptors (Lipinski definition) is 2. The Labute approximate surface area is 85.7 Å². The Morgan fingerprint density at radius 2 is 2.00 bits per heavy atom. The predicted octanol–water partition coefficient (Wildman–Crippen LogP) is 0.935. The molecule has 1 aromatic heterocycles. The summed E-state index contributed by atoms with van der Waals surface area (Å²) >= 11 is 0. The van der Waals surface area contributed by atoms with Crippen molar-refractivity contribution in [2.45, 2.75) is 6.92 Å². The number of primary amides is 1. The molecule has 15 heavy (non-hydrogen) atoms. The highest BCUT2D eigenvalue weighted by Gasteiger charge is 2.12. The molecule has 3 N–H and O–H groups in total. The second kappa shape index (κ2) is 3.24. The van der Waals surface area contributed by atoms with Crippen LogP contribution in [0.4, 0.5) is 0 Å². The zero-order valence-corrected chi connectivity index (χ0v) is 8.20. The fourth-order valence-corrected chi connectivity index (χ4v) is 1.66. The maximum Gasteiger partial charge on any atom is 0.252 e. The van der Waals surface area contributed by atoms with Crippen LogP contribution in [0.2, 0.25) is 0 Å². The van der Waals surface area contributed by atoms with Crippen molar-refractivity contribution < 1.29 is 4.79 Å². The van der Waals surface area contributed by atoms with E-state index < -0.39 is 5.91 Å². The summed E-state index contributed by atoms with van der Waals surface area (Å²) < 4.78 is 0. The summed E-state index contributed by atoms with van der Waals surface area (Å²) in [6.07, 6.45) is 0. The summed E-state index contributed by atoms with van der Waals surface area (Å²) in [5.41, 5.74) is 6.27. The Morgan fingerprint density at radius 3 is 2.67 bits per heavy atom. The Bertz CT molecular complexity index is 599. The smallest absolute Gasteiger partial charge is 0.252 e. The molecular weight excluding hydrogens is 192 g/mol. The Hall–Kier alpha value is -2.10. The summed E-state index contributed by atoms with van der Waals surface area (Å²) in [5, 5.41) is 0.683. The van der Waals surface area contributed by atoms with Crippen molar-refractivity contribution in [2.75, 3.05) is 0 Å². The molecule has 2 aromatic rings. The molecule has 0 unspecified atom stereocenters. The van der Waals surface area contributed by atoms with Crippen LogP contribution in [-0.4, -0.2) is 10.9 Å². The molecule has 0 aliphatic heterocycles. The van der Waals surface area contributed by atoms with Gasteiger partial charge in [0.15, 0.2) is 0 Å². The maximum absolute atomic E-state index is 11.5. The first kappa shape index (κ1) is 9.45. The molecule has 76 valence electrons. The SMILES string of the molecule is Cc1c(C(N)=O)c2ccccc2[nH]c1=O. The lowest BCUT2D eigenvalue weighted by molar-refractivity contribution is 0.100. The highest BCUT2D eigenvalue weighted by atomic mass is 16.1. The first-order chi connectivity index (χ1) is 7.11. The van der Waals surface area contributed by atoms with E-state index in [4.69, 9.17) is 5.73 Å². The maximum atomic E-state index is 11.5. The van der Waals surface area contributed by atoms with Gasteiger partial charge in [0.05, 0.1) is 5.56 Å². The van der Waals surface area contributed by atoms with Gasteiger partial charge in [0.25, 0.3) is 5.56 Å². The van der Waals surface area contributed by atoms with Crippen LogP contribution in [0.1, 0.15) is 15.9 Å². The van der Waals surface area contributed by atoms with E-state index in [0.29, 0.717) is 22.0 Å². The van der Waals surface area contributed by atoms with Crippen LogP contribution in [0.15, 0.2) is 29.1 Å². The summed E-state index contributed by atoms with van der Waals surface area (Å²) in [7, 11) is 0. The fraction of sp³-hybridized carbons (Fsp3) is 0.0909. The summed E-state index contributed by atoms with van der Waals surface area (Å²) in [5.74, 6) is -0.574. The molecule has 0 spiro atoms. The minimum atomic E-state index is -0.574. The van der Waals surface area contributed by atoms with E-state index in [-0.39, 0.29) is 5.56 Å². The third-order valence-electron chi connectivity index (χ3n) is 2.41. The quantitative estimate of drug-likeness (QED) is 0.721. The fourth-order valence-electron chi connectivity index (χ4n) is 1.66. The van der Waals surface area contributed by atoms with Crippen molar-refractivity contribution in [3.8, 4) is 0 Å². The summed E-state index contributed by atoms with van der Waals surface area (Å²) in [6, 6.07) is 7.09. The molecule has 1 amide bonds. The van der Waals surface area contributed by atoms with Crippen molar-refractivity contribution in [3.05, 3.63) is 45.7 Å². The molecule has 0 aliphatic carbocycles. The van der Waals surface area contributed by atoms with Crippen LogP contribution in [0, 0.1) is 6.92 Å². The third kappa shape index (κ3) is 1.40. The number of pyridine rings is 1. The number of benzene rings is 1. The van der Waals surface area contributed by atoms with Gasteiger partial charge in [-0.25, -0.2) is 0 Å². The minimum Gasteiger partial charge on any atom is -0.366 e. The van der Waals surface area contributed by atoms with Crippen LogP contribution >= 0.6 is 0 Å². The molecular formula is C11H10N2O2. The monoisotopic (exact) mass is 202 g/mol. The van der Waals surface area contributed by atoms with Gasteiger partial charge in [-0.05, 0) is 13.0 Å². The molecule has 0 aliphatic rings. The van der Waals surface area contributed by atoms with Crippen molar-refractivity contribution in [1.82, 2.24) is 4.98 Å². The summed E-state index contributed by atoms with van der Waals surface area (Å²) in [4.78, 5) is 25.4. The number of aromatic nitrogens is 1. The lowest BCUT2D eigenvalue weighted by Gasteiger charge is -2.05. The standard InChI is InChI=1S/C11H10N2O2/c1-6-9(10(12)14)7-4-2-3-5-8(7)13-11(6)15/h2-5H,1H3,(H2,12,14)(H,13,15). The number of amides is 1. The number of para-hydroxylation sites is 1. The van der Waals surface area contributed by atoms with Gasteiger partial charge in [0.2, 0.25) is 5.91 Å². The van der Waals surface area contributed by atoms with Crippen LogP contribution < -0.4 is 11.3 Å². The highest BCUT2D eigenvalue weighted by molar-refractivity contribution is 6.06. The van der Waals surface area contributed by atoms with E-state index in [1.807, 2.05) is 0 Å². The molecule has 0 bridgehead atoms. The molecule has 4 nitrogen and oxygen atoms in total. The number of rotatable bonds is 1. The first-order valence-electron chi connectivity index (χ1n) is 4.52. The van der Waals surface area contributed by atoms with Crippen molar-refractivity contribution >= 4 is 16.8 Å². The lowest BCUT2D eigenvalue weighted by Crippen LogP contribution is -2.20. The number of fused-ring (bicyclic) bond motifs is 1. The summed E-state index contributed by atoms with van der Waals surface area (Å²) in [6.45, 7) is 1.59. The molecule has 0 radical (unpaired) electrons. The molecule has 0 fully saturated rings. The van der Waals surface area contributed by atoms with Crippen LogP contribution in [0.5, 0.6) is 0 Å². The Kier molecular flexibility index (Phi) is 2.04. The molecule has 0 saturated carbocycles. The normalized spacial score (nSPS) is 10.5. The van der Waals surface area contributed by atoms with Crippen LogP contribution in [0.25, 0.3) is 10.9 Å². The number of carbonyl (C=O) groups excluding carboxylic acids is 1. The molecule has 1 aromatic carbocycles. The number of H-pyrrole nitrogens is 1. The van der Waals surface area contributed by atoms with E-state index in [1.54, 1.807) is 31.2 Å². The zero-order valence-electron chi connectivity index (χ0n) is 8.20. The number of hydrogen-bond donors (Lipinski definition) is 2. The Balaban J connectivity index is 3.02. The Morgan fingerprint density at radius 1 is 1.33 bits per heavy atom. The van der Waals surface area contributed by atoms with Crippen molar-refractivity contribution in [3.63, 3.8) is 0 Å². The van der Waals surface area contributed by atoms with Gasteiger partial charge in [-0.3, -0.25) is 9.59 Å². The second-order valence-corrected chi connectivity index (χ2v) is 3.36. The van der Waals surface area contributed by atoms with Crippen LogP contribution in [0.3, 0.4) is 0 Å². The van der Waals surface area contributed by atoms with Gasteiger partial charge in [-0.1, -0.05) is 18.2 Å². The largest absolute Gasteiger partial charge is 0.366 e. The topological polar surface area (TPSA) is 76.0 Å². The number of aromatic amines is 1. The van der Waals surface area contributed by atoms with Crippen molar-refractivity contribution in [1.29, 1.82) is 0 Å². The van der Waals surface area contributed by atoms with Crippen molar-refractivity contribution in [2.24, 2.45) is 5.73 Å². The number of nitrogens with two attached hydrogens (primary N) is 1. The van der Waals surface area contributed by atoms with E-state index >= 15 is 0 Å². The lowest BCUT2D eigenvalue weighted by atomic mass is 10.0. The average Bonchev–Trinajstić information content (AvgIpc) is 2.19. The van der Waals surface area contributed by atoms with Crippen LogP contribution in [-0.2, 0) is 0 Å². The average molecular weight is 202 g/mol. The van der Waals surface area contributed by atoms with Gasteiger partial charge in [-0.2, -0.15) is 0 Å². The molecule has 2 rings (SSSR count). The van der Waals surface area contributed by atoms with Gasteiger partial charge in [0, 0.05) is 16.5 Å². The second-order valence-electron chi connectivity index (χ2n) is 3.36. The number of carbonyl (C=O) groups is 1. The molecule has 0 saturated heterocycles. The highest BCUT2D eigenvalue weighted by Crippen LogP contribution is 2.16. The molecule has 0 atom stereocenters. The zero-order chi connectivity index (χ0) is 11.0.